The number of rotatable bonds is 6. The summed E-state index contributed by atoms with van der Waals surface area (Å²) in [7, 11) is -9.56. The molecule has 0 unspecified atom stereocenters. The molecule has 164 valence electrons. The van der Waals surface area contributed by atoms with Crippen molar-refractivity contribution in [2.75, 3.05) is 37.0 Å². The molecule has 0 aromatic heterocycles. The Morgan fingerprint density at radius 1 is 0.900 bits per heavy atom. The Morgan fingerprint density at radius 3 is 2.03 bits per heavy atom. The summed E-state index contributed by atoms with van der Waals surface area (Å²) in [6.07, 6.45) is -0.0364. The lowest BCUT2D eigenvalue weighted by Crippen LogP contribution is -2.38. The minimum atomic E-state index is -5.01. The highest BCUT2D eigenvalue weighted by Crippen LogP contribution is 2.38. The molecule has 1 aliphatic heterocycles. The number of nitrogens with two attached hydrogens (primary N) is 1. The Labute approximate surface area is 172 Å². The molecule has 2 aromatic rings. The zero-order chi connectivity index (χ0) is 22.1. The fourth-order valence-electron chi connectivity index (χ4n) is 3.21. The van der Waals surface area contributed by atoms with Crippen LogP contribution in [-0.4, -0.2) is 48.9 Å². The van der Waals surface area contributed by atoms with Gasteiger partial charge in [0, 0.05) is 13.1 Å². The molecule has 0 atom stereocenters. The van der Waals surface area contributed by atoms with Crippen LogP contribution < -0.4 is 10.0 Å². The Hall–Kier alpha value is -2.15. The van der Waals surface area contributed by atoms with E-state index < -0.39 is 58.5 Å². The van der Waals surface area contributed by atoms with Crippen LogP contribution in [0.25, 0.3) is 0 Å². The fraction of sp³-hybridized carbons (Fsp3) is 0.333. The second-order valence-electron chi connectivity index (χ2n) is 6.65. The Kier molecular flexibility index (Phi) is 6.41. The van der Waals surface area contributed by atoms with Gasteiger partial charge >= 0.3 is 0 Å². The normalized spacial score (nSPS) is 15.4. The van der Waals surface area contributed by atoms with E-state index >= 15 is 4.39 Å². The minimum Gasteiger partial charge on any atom is -0.378 e. The first-order chi connectivity index (χ1) is 14.0. The fourth-order valence-corrected chi connectivity index (χ4v) is 5.48. The highest BCUT2D eigenvalue weighted by molar-refractivity contribution is 7.91. The van der Waals surface area contributed by atoms with Gasteiger partial charge in [-0.25, -0.2) is 35.1 Å². The van der Waals surface area contributed by atoms with Gasteiger partial charge in [0.15, 0.2) is 32.2 Å². The second-order valence-corrected chi connectivity index (χ2v) is 10.2. The van der Waals surface area contributed by atoms with E-state index in [0.29, 0.717) is 5.56 Å². The molecule has 1 heterocycles. The number of sulfonamides is 1. The molecule has 0 bridgehead atoms. The Balaban J connectivity index is 2.19. The molecule has 2 N–H and O–H groups in total. The molecular formula is C18H19F3N2O5S2. The summed E-state index contributed by atoms with van der Waals surface area (Å²) < 4.78 is 98.9. The smallest absolute Gasteiger partial charge is 0.244 e. The molecule has 12 heteroatoms. The zero-order valence-corrected chi connectivity index (χ0v) is 17.3. The first kappa shape index (κ1) is 22.5. The Bertz CT molecular complexity index is 1150. The van der Waals surface area contributed by atoms with Gasteiger partial charge < -0.3 is 9.64 Å². The van der Waals surface area contributed by atoms with Crippen molar-refractivity contribution in [1.29, 1.82) is 0 Å². The number of hydrogen-bond acceptors (Lipinski definition) is 6. The molecule has 0 aliphatic carbocycles. The number of nitrogens with zero attached hydrogens (tertiary/aromatic N) is 1. The topological polar surface area (TPSA) is 107 Å². The highest BCUT2D eigenvalue weighted by atomic mass is 32.2. The van der Waals surface area contributed by atoms with Crippen LogP contribution in [0, 0.1) is 17.5 Å². The van der Waals surface area contributed by atoms with Crippen molar-refractivity contribution in [3.63, 3.8) is 0 Å². The van der Waals surface area contributed by atoms with E-state index in [9.17, 15) is 25.6 Å². The van der Waals surface area contributed by atoms with Gasteiger partial charge in [0.25, 0.3) is 0 Å². The van der Waals surface area contributed by atoms with E-state index in [1.165, 1.54) is 0 Å². The van der Waals surface area contributed by atoms with Gasteiger partial charge in [-0.2, -0.15) is 0 Å². The predicted molar refractivity (Wildman–Crippen MR) is 103 cm³/mol. The number of sulfone groups is 1. The molecule has 1 saturated heterocycles. The van der Waals surface area contributed by atoms with E-state index in [4.69, 9.17) is 9.88 Å². The summed E-state index contributed by atoms with van der Waals surface area (Å²) >= 11 is 0. The van der Waals surface area contributed by atoms with E-state index in [2.05, 4.69) is 0 Å². The maximum absolute atomic E-state index is 15.1. The predicted octanol–water partition coefficient (Wildman–Crippen LogP) is 1.60. The van der Waals surface area contributed by atoms with Gasteiger partial charge in [-0.1, -0.05) is 30.3 Å². The highest BCUT2D eigenvalue weighted by Gasteiger charge is 2.38. The quantitative estimate of drug-likeness (QED) is 0.651. The molecule has 1 fully saturated rings. The van der Waals surface area contributed by atoms with Crippen molar-refractivity contribution in [1.82, 2.24) is 0 Å². The molecule has 0 amide bonds. The molecule has 7 nitrogen and oxygen atoms in total. The van der Waals surface area contributed by atoms with E-state index in [0.717, 1.165) is 4.90 Å². The lowest BCUT2D eigenvalue weighted by Gasteiger charge is -2.31. The Morgan fingerprint density at radius 2 is 1.47 bits per heavy atom. The SMILES string of the molecule is NS(=O)(=O)c1c(F)c(F)c(S(=O)(=O)CCc2ccccc2)c(N2CCOCC2)c1F. The van der Waals surface area contributed by atoms with Gasteiger partial charge in [0.2, 0.25) is 10.0 Å². The van der Waals surface area contributed by atoms with Crippen molar-refractivity contribution >= 4 is 25.5 Å². The zero-order valence-electron chi connectivity index (χ0n) is 15.6. The third-order valence-electron chi connectivity index (χ3n) is 4.64. The minimum absolute atomic E-state index is 0.0364. The molecule has 1 aliphatic rings. The number of morpholine rings is 1. The van der Waals surface area contributed by atoms with Crippen LogP contribution in [0.3, 0.4) is 0 Å². The number of hydrogen-bond donors (Lipinski definition) is 1. The van der Waals surface area contributed by atoms with Crippen LogP contribution >= 0.6 is 0 Å². The number of aryl methyl sites for hydroxylation is 1. The summed E-state index contributed by atoms with van der Waals surface area (Å²) in [5.74, 6) is -6.52. The maximum Gasteiger partial charge on any atom is 0.244 e. The maximum atomic E-state index is 15.1. The number of primary sulfonamides is 1. The molecule has 0 saturated carbocycles. The summed E-state index contributed by atoms with van der Waals surface area (Å²) in [6.45, 7) is 0.0276. The second kappa shape index (κ2) is 8.53. The van der Waals surface area contributed by atoms with Crippen molar-refractivity contribution in [2.24, 2.45) is 5.14 Å². The van der Waals surface area contributed by atoms with Gasteiger partial charge in [0.05, 0.1) is 24.7 Å². The lowest BCUT2D eigenvalue weighted by atomic mass is 10.2. The van der Waals surface area contributed by atoms with Crippen LogP contribution in [0.4, 0.5) is 18.9 Å². The summed E-state index contributed by atoms with van der Waals surface area (Å²) in [5.41, 5.74) is -0.231. The van der Waals surface area contributed by atoms with Crippen molar-refractivity contribution < 1.29 is 34.7 Å². The summed E-state index contributed by atoms with van der Waals surface area (Å²) in [5, 5.41) is 4.85. The van der Waals surface area contributed by atoms with Crippen molar-refractivity contribution in [2.45, 2.75) is 16.2 Å². The van der Waals surface area contributed by atoms with Gasteiger partial charge in [-0.3, -0.25) is 0 Å². The van der Waals surface area contributed by atoms with Gasteiger partial charge in [0.1, 0.15) is 4.90 Å². The number of halogens is 3. The van der Waals surface area contributed by atoms with E-state index in [1.807, 2.05) is 0 Å². The van der Waals surface area contributed by atoms with Crippen LogP contribution in [0.1, 0.15) is 5.56 Å². The number of anilines is 1. The number of ether oxygens (including phenoxy) is 1. The number of benzene rings is 2. The molecule has 0 spiro atoms. The largest absolute Gasteiger partial charge is 0.378 e. The first-order valence-electron chi connectivity index (χ1n) is 8.86. The molecule has 2 aromatic carbocycles. The van der Waals surface area contributed by atoms with Crippen LogP contribution in [-0.2, 0) is 31.0 Å². The molecule has 0 radical (unpaired) electrons. The summed E-state index contributed by atoms with van der Waals surface area (Å²) in [4.78, 5) is -1.81. The van der Waals surface area contributed by atoms with Crippen LogP contribution in [0.5, 0.6) is 0 Å². The molecular weight excluding hydrogens is 445 g/mol. The molecule has 30 heavy (non-hydrogen) atoms. The monoisotopic (exact) mass is 464 g/mol. The van der Waals surface area contributed by atoms with Gasteiger partial charge in [-0.05, 0) is 12.0 Å². The third-order valence-corrected chi connectivity index (χ3v) is 7.30. The lowest BCUT2D eigenvalue weighted by molar-refractivity contribution is 0.122. The first-order valence-corrected chi connectivity index (χ1v) is 12.1. The van der Waals surface area contributed by atoms with E-state index in [1.54, 1.807) is 30.3 Å². The van der Waals surface area contributed by atoms with Crippen LogP contribution in [0.2, 0.25) is 0 Å². The van der Waals surface area contributed by atoms with Crippen molar-refractivity contribution in [3.05, 3.63) is 53.3 Å². The average molecular weight is 464 g/mol. The average Bonchev–Trinajstić information content (AvgIpc) is 2.69. The van der Waals surface area contributed by atoms with Crippen LogP contribution in [0.15, 0.2) is 40.1 Å². The molecule has 3 rings (SSSR count). The standard InChI is InChI=1S/C18H19F3N2O5S2/c19-13-14(20)18(29(24,25)11-6-12-4-2-1-3-5-12)16(23-7-9-28-10-8-23)15(21)17(13)30(22,26)27/h1-5H,6-11H2,(H2,22,26,27). The third kappa shape index (κ3) is 4.46. The van der Waals surface area contributed by atoms with Gasteiger partial charge in [-0.15, -0.1) is 0 Å². The van der Waals surface area contributed by atoms with E-state index in [-0.39, 0.29) is 32.7 Å². The van der Waals surface area contributed by atoms with Crippen molar-refractivity contribution in [3.8, 4) is 0 Å². The summed E-state index contributed by atoms with van der Waals surface area (Å²) in [6, 6.07) is 8.40.